The molecule has 2 heterocycles. The Morgan fingerprint density at radius 3 is 3.05 bits per heavy atom. The SMILES string of the molecule is Cc1nn(C)c(NCCC2CCCNC2)c1[N+](=O)[O-]. The molecule has 106 valence electrons. The number of aromatic nitrogens is 2. The Kier molecular flexibility index (Phi) is 4.36. The van der Waals surface area contributed by atoms with Gasteiger partial charge in [0.05, 0.1) is 4.92 Å². The molecule has 0 radical (unpaired) electrons. The van der Waals surface area contributed by atoms with Crippen LogP contribution in [0.15, 0.2) is 0 Å². The van der Waals surface area contributed by atoms with Crippen LogP contribution in [0.2, 0.25) is 0 Å². The van der Waals surface area contributed by atoms with E-state index in [1.54, 1.807) is 18.7 Å². The van der Waals surface area contributed by atoms with Gasteiger partial charge in [-0.05, 0) is 45.2 Å². The standard InChI is InChI=1S/C12H21N5O2/c1-9-11(17(18)19)12(16(2)15-9)14-7-5-10-4-3-6-13-8-10/h10,13-14H,3-8H2,1-2H3. The molecule has 19 heavy (non-hydrogen) atoms. The van der Waals surface area contributed by atoms with Crippen LogP contribution >= 0.6 is 0 Å². The van der Waals surface area contributed by atoms with E-state index in [2.05, 4.69) is 15.7 Å². The Morgan fingerprint density at radius 2 is 2.42 bits per heavy atom. The number of hydrogen-bond acceptors (Lipinski definition) is 5. The van der Waals surface area contributed by atoms with E-state index in [-0.39, 0.29) is 10.6 Å². The number of nitro groups is 1. The van der Waals surface area contributed by atoms with Crippen molar-refractivity contribution in [2.75, 3.05) is 25.0 Å². The molecule has 0 aromatic carbocycles. The summed E-state index contributed by atoms with van der Waals surface area (Å²) >= 11 is 0. The van der Waals surface area contributed by atoms with Crippen LogP contribution in [0.4, 0.5) is 11.5 Å². The van der Waals surface area contributed by atoms with Gasteiger partial charge in [0.2, 0.25) is 5.82 Å². The molecule has 7 heteroatoms. The second-order valence-corrected chi connectivity index (χ2v) is 5.09. The molecule has 1 aromatic heterocycles. The molecule has 1 aromatic rings. The highest BCUT2D eigenvalue weighted by Gasteiger charge is 2.23. The summed E-state index contributed by atoms with van der Waals surface area (Å²) < 4.78 is 1.55. The van der Waals surface area contributed by atoms with E-state index in [9.17, 15) is 10.1 Å². The summed E-state index contributed by atoms with van der Waals surface area (Å²) in [6, 6.07) is 0. The van der Waals surface area contributed by atoms with Gasteiger partial charge >= 0.3 is 5.69 Å². The molecule has 1 aliphatic heterocycles. The first-order valence-electron chi connectivity index (χ1n) is 6.72. The smallest absolute Gasteiger partial charge is 0.333 e. The highest BCUT2D eigenvalue weighted by molar-refractivity contribution is 5.59. The van der Waals surface area contributed by atoms with Crippen molar-refractivity contribution in [1.82, 2.24) is 15.1 Å². The van der Waals surface area contributed by atoms with Gasteiger partial charge in [-0.3, -0.25) is 10.1 Å². The van der Waals surface area contributed by atoms with Crippen LogP contribution in [-0.4, -0.2) is 34.3 Å². The lowest BCUT2D eigenvalue weighted by Gasteiger charge is -2.22. The Labute approximate surface area is 112 Å². The van der Waals surface area contributed by atoms with Crippen molar-refractivity contribution in [2.45, 2.75) is 26.2 Å². The second kappa shape index (κ2) is 6.01. The van der Waals surface area contributed by atoms with Gasteiger partial charge in [-0.15, -0.1) is 0 Å². The van der Waals surface area contributed by atoms with Crippen molar-refractivity contribution in [2.24, 2.45) is 13.0 Å². The summed E-state index contributed by atoms with van der Waals surface area (Å²) in [6.45, 7) is 4.56. The van der Waals surface area contributed by atoms with Gasteiger partial charge < -0.3 is 10.6 Å². The van der Waals surface area contributed by atoms with Gasteiger partial charge in [0, 0.05) is 13.6 Å². The van der Waals surface area contributed by atoms with Crippen LogP contribution in [-0.2, 0) is 7.05 Å². The number of aryl methyl sites for hydroxylation is 2. The summed E-state index contributed by atoms with van der Waals surface area (Å²) in [5.41, 5.74) is 0.540. The van der Waals surface area contributed by atoms with Crippen molar-refractivity contribution in [3.8, 4) is 0 Å². The fourth-order valence-corrected chi connectivity index (χ4v) is 2.63. The van der Waals surface area contributed by atoms with E-state index in [0.29, 0.717) is 17.4 Å². The van der Waals surface area contributed by atoms with E-state index >= 15 is 0 Å². The quantitative estimate of drug-likeness (QED) is 0.623. The molecule has 0 bridgehead atoms. The number of hydrogen-bond donors (Lipinski definition) is 2. The summed E-state index contributed by atoms with van der Waals surface area (Å²) in [6.07, 6.45) is 3.48. The lowest BCUT2D eigenvalue weighted by atomic mass is 9.96. The van der Waals surface area contributed by atoms with Crippen molar-refractivity contribution in [3.63, 3.8) is 0 Å². The zero-order chi connectivity index (χ0) is 13.8. The van der Waals surface area contributed by atoms with Gasteiger partial charge in [-0.1, -0.05) is 0 Å². The number of rotatable bonds is 5. The molecule has 0 spiro atoms. The molecule has 1 atom stereocenters. The normalized spacial score (nSPS) is 19.4. The van der Waals surface area contributed by atoms with Gasteiger partial charge in [0.25, 0.3) is 0 Å². The molecule has 0 aliphatic carbocycles. The maximum absolute atomic E-state index is 11.0. The predicted molar refractivity (Wildman–Crippen MR) is 73.3 cm³/mol. The fraction of sp³-hybridized carbons (Fsp3) is 0.750. The fourth-order valence-electron chi connectivity index (χ4n) is 2.63. The minimum atomic E-state index is -0.368. The van der Waals surface area contributed by atoms with Crippen LogP contribution in [0, 0.1) is 23.0 Å². The third kappa shape index (κ3) is 3.23. The number of anilines is 1. The van der Waals surface area contributed by atoms with Crippen molar-refractivity contribution in [1.29, 1.82) is 0 Å². The lowest BCUT2D eigenvalue weighted by molar-refractivity contribution is -0.384. The molecule has 1 saturated heterocycles. The lowest BCUT2D eigenvalue weighted by Crippen LogP contribution is -2.30. The average Bonchev–Trinajstić information content (AvgIpc) is 2.65. The van der Waals surface area contributed by atoms with Gasteiger partial charge in [0.15, 0.2) is 0 Å². The minimum absolute atomic E-state index is 0.0873. The minimum Gasteiger partial charge on any atom is -0.365 e. The molecule has 1 fully saturated rings. The first-order valence-corrected chi connectivity index (χ1v) is 6.72. The molecule has 1 unspecified atom stereocenters. The average molecular weight is 267 g/mol. The summed E-state index contributed by atoms with van der Waals surface area (Å²) in [5.74, 6) is 1.17. The second-order valence-electron chi connectivity index (χ2n) is 5.09. The third-order valence-corrected chi connectivity index (χ3v) is 3.62. The molecular weight excluding hydrogens is 246 g/mol. The first kappa shape index (κ1) is 13.8. The molecule has 7 nitrogen and oxygen atoms in total. The van der Waals surface area contributed by atoms with E-state index in [1.165, 1.54) is 12.8 Å². The maximum Gasteiger partial charge on any atom is 0.333 e. The largest absolute Gasteiger partial charge is 0.365 e. The molecule has 0 amide bonds. The van der Waals surface area contributed by atoms with Gasteiger partial charge in [-0.2, -0.15) is 5.10 Å². The van der Waals surface area contributed by atoms with Crippen LogP contribution in [0.3, 0.4) is 0 Å². The van der Waals surface area contributed by atoms with E-state index in [4.69, 9.17) is 0 Å². The summed E-state index contributed by atoms with van der Waals surface area (Å²) in [7, 11) is 1.73. The number of nitrogens with zero attached hydrogens (tertiary/aromatic N) is 3. The van der Waals surface area contributed by atoms with Gasteiger partial charge in [0.1, 0.15) is 5.69 Å². The highest BCUT2D eigenvalue weighted by atomic mass is 16.6. The van der Waals surface area contributed by atoms with E-state index in [0.717, 1.165) is 26.1 Å². The van der Waals surface area contributed by atoms with E-state index in [1.807, 2.05) is 0 Å². The van der Waals surface area contributed by atoms with Crippen LogP contribution in [0.1, 0.15) is 25.0 Å². The predicted octanol–water partition coefficient (Wildman–Crippen LogP) is 1.44. The zero-order valence-corrected chi connectivity index (χ0v) is 11.5. The van der Waals surface area contributed by atoms with Gasteiger partial charge in [-0.25, -0.2) is 4.68 Å². The van der Waals surface area contributed by atoms with Crippen LogP contribution in [0.5, 0.6) is 0 Å². The third-order valence-electron chi connectivity index (χ3n) is 3.62. The Bertz CT molecular complexity index is 451. The monoisotopic (exact) mass is 267 g/mol. The van der Waals surface area contributed by atoms with Crippen LogP contribution < -0.4 is 10.6 Å². The Hall–Kier alpha value is -1.63. The van der Waals surface area contributed by atoms with Crippen LogP contribution in [0.25, 0.3) is 0 Å². The Morgan fingerprint density at radius 1 is 1.63 bits per heavy atom. The topological polar surface area (TPSA) is 85.0 Å². The summed E-state index contributed by atoms with van der Waals surface area (Å²) in [5, 5.41) is 21.7. The maximum atomic E-state index is 11.0. The van der Waals surface area contributed by atoms with Crippen molar-refractivity contribution < 1.29 is 4.92 Å². The molecule has 0 saturated carbocycles. The number of piperidine rings is 1. The molecule has 1 aliphatic rings. The molecule has 2 rings (SSSR count). The molecule has 2 N–H and O–H groups in total. The number of nitrogens with one attached hydrogen (secondary N) is 2. The highest BCUT2D eigenvalue weighted by Crippen LogP contribution is 2.27. The zero-order valence-electron chi connectivity index (χ0n) is 11.5. The first-order chi connectivity index (χ1) is 9.09. The van der Waals surface area contributed by atoms with E-state index < -0.39 is 0 Å². The Balaban J connectivity index is 1.93. The van der Waals surface area contributed by atoms with Crippen molar-refractivity contribution >= 4 is 11.5 Å². The van der Waals surface area contributed by atoms with Crippen molar-refractivity contribution in [3.05, 3.63) is 15.8 Å². The molecular formula is C12H21N5O2. The summed E-state index contributed by atoms with van der Waals surface area (Å²) in [4.78, 5) is 10.7.